The maximum atomic E-state index is 12.4. The standard InChI is InChI=1S/C20H21N3O5/c1-12(21-19(24)13-5-8-15(25-2)9-6-13)20-22-18(23-28-20)14-7-10-16(26-3)17(11-14)27-4/h5-12H,1-4H3,(H,21,24)/t12-/m0/s1. The van der Waals surface area contributed by atoms with Gasteiger partial charge in [0.15, 0.2) is 11.5 Å². The quantitative estimate of drug-likeness (QED) is 0.669. The van der Waals surface area contributed by atoms with Gasteiger partial charge < -0.3 is 24.1 Å². The number of aromatic nitrogens is 2. The van der Waals surface area contributed by atoms with Crippen molar-refractivity contribution in [3.8, 4) is 28.6 Å². The summed E-state index contributed by atoms with van der Waals surface area (Å²) in [5.41, 5.74) is 1.22. The normalized spacial score (nSPS) is 11.6. The first-order valence-corrected chi connectivity index (χ1v) is 8.56. The molecule has 0 fully saturated rings. The van der Waals surface area contributed by atoms with Gasteiger partial charge in [0, 0.05) is 11.1 Å². The minimum absolute atomic E-state index is 0.249. The molecule has 3 aromatic rings. The van der Waals surface area contributed by atoms with E-state index < -0.39 is 6.04 Å². The predicted octanol–water partition coefficient (Wildman–Crippen LogP) is 3.25. The maximum Gasteiger partial charge on any atom is 0.251 e. The Morgan fingerprint density at radius 2 is 1.71 bits per heavy atom. The lowest BCUT2D eigenvalue weighted by Crippen LogP contribution is -2.26. The molecule has 0 aliphatic carbocycles. The molecule has 1 amide bonds. The lowest BCUT2D eigenvalue weighted by atomic mass is 10.2. The Hall–Kier alpha value is -3.55. The van der Waals surface area contributed by atoms with Crippen molar-refractivity contribution in [2.45, 2.75) is 13.0 Å². The van der Waals surface area contributed by atoms with Gasteiger partial charge in [-0.2, -0.15) is 4.98 Å². The molecule has 0 spiro atoms. The van der Waals surface area contributed by atoms with Crippen molar-refractivity contribution < 1.29 is 23.5 Å². The molecule has 1 atom stereocenters. The number of hydrogen-bond acceptors (Lipinski definition) is 7. The van der Waals surface area contributed by atoms with Crippen molar-refractivity contribution in [2.75, 3.05) is 21.3 Å². The third-order valence-corrected chi connectivity index (χ3v) is 4.15. The number of nitrogens with one attached hydrogen (secondary N) is 1. The number of methoxy groups -OCH3 is 3. The Morgan fingerprint density at radius 3 is 2.36 bits per heavy atom. The Balaban J connectivity index is 1.73. The molecule has 28 heavy (non-hydrogen) atoms. The second-order valence-electron chi connectivity index (χ2n) is 5.95. The molecule has 1 aromatic heterocycles. The van der Waals surface area contributed by atoms with Crippen LogP contribution in [0.5, 0.6) is 17.2 Å². The van der Waals surface area contributed by atoms with Gasteiger partial charge in [0.25, 0.3) is 5.91 Å². The van der Waals surface area contributed by atoms with E-state index in [1.165, 1.54) is 0 Å². The van der Waals surface area contributed by atoms with Gasteiger partial charge in [-0.05, 0) is 49.4 Å². The van der Waals surface area contributed by atoms with Gasteiger partial charge in [-0.3, -0.25) is 4.79 Å². The van der Waals surface area contributed by atoms with Crippen LogP contribution in [0, 0.1) is 0 Å². The average Bonchev–Trinajstić information content (AvgIpc) is 3.23. The Morgan fingerprint density at radius 1 is 1.00 bits per heavy atom. The molecule has 8 heteroatoms. The molecule has 8 nitrogen and oxygen atoms in total. The van der Waals surface area contributed by atoms with Crippen LogP contribution in [0.4, 0.5) is 0 Å². The van der Waals surface area contributed by atoms with Crippen LogP contribution in [0.2, 0.25) is 0 Å². The van der Waals surface area contributed by atoms with Gasteiger partial charge in [-0.15, -0.1) is 0 Å². The summed E-state index contributed by atoms with van der Waals surface area (Å²) in [6.07, 6.45) is 0. The molecule has 0 saturated carbocycles. The van der Waals surface area contributed by atoms with E-state index in [4.69, 9.17) is 18.7 Å². The van der Waals surface area contributed by atoms with Crippen LogP contribution in [0.3, 0.4) is 0 Å². The van der Waals surface area contributed by atoms with Gasteiger partial charge in [-0.25, -0.2) is 0 Å². The summed E-state index contributed by atoms with van der Waals surface area (Å²) in [6.45, 7) is 1.77. The van der Waals surface area contributed by atoms with Crippen LogP contribution in [0.15, 0.2) is 47.0 Å². The highest BCUT2D eigenvalue weighted by atomic mass is 16.5. The molecule has 146 valence electrons. The summed E-state index contributed by atoms with van der Waals surface area (Å²) < 4.78 is 20.9. The molecule has 3 rings (SSSR count). The number of carbonyl (C=O) groups is 1. The van der Waals surface area contributed by atoms with Crippen LogP contribution >= 0.6 is 0 Å². The molecular weight excluding hydrogens is 362 g/mol. The molecule has 0 unspecified atom stereocenters. The molecule has 2 aromatic carbocycles. The molecule has 0 aliphatic rings. The molecule has 0 bridgehead atoms. The Bertz CT molecular complexity index is 953. The minimum Gasteiger partial charge on any atom is -0.497 e. The summed E-state index contributed by atoms with van der Waals surface area (Å²) in [5, 5.41) is 6.83. The lowest BCUT2D eigenvalue weighted by Gasteiger charge is -2.10. The Kier molecular flexibility index (Phi) is 5.78. The van der Waals surface area contributed by atoms with Crippen molar-refractivity contribution in [3.63, 3.8) is 0 Å². The van der Waals surface area contributed by atoms with E-state index in [1.54, 1.807) is 70.7 Å². The maximum absolute atomic E-state index is 12.4. The number of carbonyl (C=O) groups excluding carboxylic acids is 1. The van der Waals surface area contributed by atoms with Gasteiger partial charge >= 0.3 is 0 Å². The van der Waals surface area contributed by atoms with E-state index in [2.05, 4.69) is 15.5 Å². The largest absolute Gasteiger partial charge is 0.497 e. The zero-order valence-corrected chi connectivity index (χ0v) is 16.1. The third kappa shape index (κ3) is 4.06. The highest BCUT2D eigenvalue weighted by Gasteiger charge is 2.19. The first-order valence-electron chi connectivity index (χ1n) is 8.56. The molecule has 1 heterocycles. The number of hydrogen-bond donors (Lipinski definition) is 1. The first-order chi connectivity index (χ1) is 13.5. The zero-order chi connectivity index (χ0) is 20.1. The van der Waals surface area contributed by atoms with Crippen molar-refractivity contribution in [2.24, 2.45) is 0 Å². The molecular formula is C20H21N3O5. The van der Waals surface area contributed by atoms with E-state index in [1.807, 2.05) is 0 Å². The topological polar surface area (TPSA) is 95.7 Å². The van der Waals surface area contributed by atoms with Crippen LogP contribution in [-0.2, 0) is 0 Å². The smallest absolute Gasteiger partial charge is 0.251 e. The number of ether oxygens (including phenoxy) is 3. The van der Waals surface area contributed by atoms with Crippen molar-refractivity contribution in [1.29, 1.82) is 0 Å². The van der Waals surface area contributed by atoms with E-state index in [0.29, 0.717) is 40.1 Å². The predicted molar refractivity (Wildman–Crippen MR) is 102 cm³/mol. The molecule has 0 aliphatic heterocycles. The zero-order valence-electron chi connectivity index (χ0n) is 16.1. The van der Waals surface area contributed by atoms with Crippen LogP contribution in [0.1, 0.15) is 29.2 Å². The van der Waals surface area contributed by atoms with Crippen molar-refractivity contribution in [3.05, 3.63) is 53.9 Å². The number of amides is 1. The lowest BCUT2D eigenvalue weighted by molar-refractivity contribution is 0.0932. The highest BCUT2D eigenvalue weighted by Crippen LogP contribution is 2.31. The average molecular weight is 383 g/mol. The summed E-state index contributed by atoms with van der Waals surface area (Å²) in [6, 6.07) is 11.7. The van der Waals surface area contributed by atoms with Gasteiger partial charge in [0.2, 0.25) is 11.7 Å². The number of rotatable bonds is 7. The monoisotopic (exact) mass is 383 g/mol. The first kappa shape index (κ1) is 19.2. The summed E-state index contributed by atoms with van der Waals surface area (Å²) in [4.78, 5) is 16.8. The molecule has 0 radical (unpaired) electrons. The van der Waals surface area contributed by atoms with E-state index >= 15 is 0 Å². The van der Waals surface area contributed by atoms with Crippen LogP contribution < -0.4 is 19.5 Å². The SMILES string of the molecule is COc1ccc(C(=O)N[C@@H](C)c2nc(-c3ccc(OC)c(OC)c3)no2)cc1. The fourth-order valence-corrected chi connectivity index (χ4v) is 2.59. The number of benzene rings is 2. The van der Waals surface area contributed by atoms with Gasteiger partial charge in [-0.1, -0.05) is 5.16 Å². The van der Waals surface area contributed by atoms with Crippen molar-refractivity contribution >= 4 is 5.91 Å². The van der Waals surface area contributed by atoms with E-state index in [-0.39, 0.29) is 5.91 Å². The Labute approximate surface area is 162 Å². The fraction of sp³-hybridized carbons (Fsp3) is 0.250. The third-order valence-electron chi connectivity index (χ3n) is 4.15. The van der Waals surface area contributed by atoms with Crippen molar-refractivity contribution in [1.82, 2.24) is 15.5 Å². The van der Waals surface area contributed by atoms with E-state index in [9.17, 15) is 4.79 Å². The van der Waals surface area contributed by atoms with Crippen LogP contribution in [-0.4, -0.2) is 37.4 Å². The molecule has 0 saturated heterocycles. The summed E-state index contributed by atoms with van der Waals surface area (Å²) in [7, 11) is 4.69. The molecule has 1 N–H and O–H groups in total. The minimum atomic E-state index is -0.462. The second-order valence-corrected chi connectivity index (χ2v) is 5.95. The highest BCUT2D eigenvalue weighted by molar-refractivity contribution is 5.94. The van der Waals surface area contributed by atoms with E-state index in [0.717, 1.165) is 0 Å². The number of nitrogens with zero attached hydrogens (tertiary/aromatic N) is 2. The summed E-state index contributed by atoms with van der Waals surface area (Å²) in [5.74, 6) is 2.29. The van der Waals surface area contributed by atoms with Gasteiger partial charge in [0.1, 0.15) is 11.8 Å². The second kappa shape index (κ2) is 8.43. The van der Waals surface area contributed by atoms with Crippen LogP contribution in [0.25, 0.3) is 11.4 Å². The van der Waals surface area contributed by atoms with Gasteiger partial charge in [0.05, 0.1) is 21.3 Å². The summed E-state index contributed by atoms with van der Waals surface area (Å²) >= 11 is 0. The fourth-order valence-electron chi connectivity index (χ4n) is 2.59.